The number of halogens is 1. The molecule has 1 heterocycles. The van der Waals surface area contributed by atoms with Gasteiger partial charge in [0.05, 0.1) is 4.47 Å². The smallest absolute Gasteiger partial charge is 0.137 e. The standard InChI is InChI=1S/C10H9BrO/c1-6-3-7(2)10-8(4-6)9(11)5-12-10/h3-5H,1-2H3. The molecular formula is C10H9BrO. The van der Waals surface area contributed by atoms with Crippen molar-refractivity contribution in [1.29, 1.82) is 0 Å². The number of fused-ring (bicyclic) bond motifs is 1. The molecule has 0 aliphatic heterocycles. The Morgan fingerprint density at radius 1 is 1.25 bits per heavy atom. The molecule has 0 N–H and O–H groups in total. The Hall–Kier alpha value is -0.760. The minimum atomic E-state index is 0.979. The largest absolute Gasteiger partial charge is 0.463 e. The number of hydrogen-bond donors (Lipinski definition) is 0. The highest BCUT2D eigenvalue weighted by molar-refractivity contribution is 9.10. The summed E-state index contributed by atoms with van der Waals surface area (Å²) in [6.07, 6.45) is 1.73. The molecule has 1 nitrogen and oxygen atoms in total. The fraction of sp³-hybridized carbons (Fsp3) is 0.200. The van der Waals surface area contributed by atoms with Gasteiger partial charge in [-0.15, -0.1) is 0 Å². The van der Waals surface area contributed by atoms with E-state index in [2.05, 4.69) is 41.9 Å². The quantitative estimate of drug-likeness (QED) is 0.664. The van der Waals surface area contributed by atoms with Crippen LogP contribution in [0.15, 0.2) is 27.3 Å². The monoisotopic (exact) mass is 224 g/mol. The Kier molecular flexibility index (Phi) is 1.72. The van der Waals surface area contributed by atoms with Crippen LogP contribution in [0.4, 0.5) is 0 Å². The van der Waals surface area contributed by atoms with Crippen molar-refractivity contribution in [3.63, 3.8) is 0 Å². The van der Waals surface area contributed by atoms with Gasteiger partial charge in [-0.05, 0) is 47.0 Å². The Bertz CT molecular complexity index is 429. The zero-order valence-corrected chi connectivity index (χ0v) is 8.60. The highest BCUT2D eigenvalue weighted by Crippen LogP contribution is 2.29. The van der Waals surface area contributed by atoms with E-state index in [1.165, 1.54) is 11.1 Å². The average Bonchev–Trinajstić information content (AvgIpc) is 2.33. The number of aryl methyl sites for hydroxylation is 2. The molecule has 0 aliphatic rings. The van der Waals surface area contributed by atoms with Crippen molar-refractivity contribution >= 4 is 26.9 Å². The number of benzene rings is 1. The van der Waals surface area contributed by atoms with Gasteiger partial charge in [0.1, 0.15) is 11.8 Å². The van der Waals surface area contributed by atoms with Crippen LogP contribution in [0.5, 0.6) is 0 Å². The molecule has 0 unspecified atom stereocenters. The van der Waals surface area contributed by atoms with Crippen LogP contribution in [0.25, 0.3) is 11.0 Å². The number of furan rings is 1. The van der Waals surface area contributed by atoms with E-state index in [0.717, 1.165) is 15.4 Å². The van der Waals surface area contributed by atoms with E-state index in [1.54, 1.807) is 6.26 Å². The Labute approximate surface area is 79.5 Å². The summed E-state index contributed by atoms with van der Waals surface area (Å²) in [5, 5.41) is 1.16. The summed E-state index contributed by atoms with van der Waals surface area (Å²) in [6.45, 7) is 4.15. The summed E-state index contributed by atoms with van der Waals surface area (Å²) >= 11 is 3.44. The van der Waals surface area contributed by atoms with Crippen LogP contribution in [0, 0.1) is 13.8 Å². The van der Waals surface area contributed by atoms with E-state index >= 15 is 0 Å². The van der Waals surface area contributed by atoms with Crippen LogP contribution in [0.2, 0.25) is 0 Å². The van der Waals surface area contributed by atoms with Gasteiger partial charge in [0.15, 0.2) is 0 Å². The first-order chi connectivity index (χ1) is 5.68. The first-order valence-electron chi connectivity index (χ1n) is 3.82. The highest BCUT2D eigenvalue weighted by Gasteiger charge is 2.05. The topological polar surface area (TPSA) is 13.1 Å². The molecular weight excluding hydrogens is 216 g/mol. The molecule has 1 aromatic heterocycles. The van der Waals surface area contributed by atoms with Crippen LogP contribution in [0.3, 0.4) is 0 Å². The molecule has 12 heavy (non-hydrogen) atoms. The van der Waals surface area contributed by atoms with E-state index in [9.17, 15) is 0 Å². The second-order valence-corrected chi connectivity index (χ2v) is 3.90. The molecule has 1 aromatic carbocycles. The lowest BCUT2D eigenvalue weighted by Crippen LogP contribution is -1.76. The fourth-order valence-electron chi connectivity index (χ4n) is 1.46. The summed E-state index contributed by atoms with van der Waals surface area (Å²) in [5.74, 6) is 0. The molecule has 2 rings (SSSR count). The second-order valence-electron chi connectivity index (χ2n) is 3.04. The van der Waals surface area contributed by atoms with Gasteiger partial charge in [-0.25, -0.2) is 0 Å². The van der Waals surface area contributed by atoms with E-state index in [4.69, 9.17) is 4.42 Å². The molecule has 2 aromatic rings. The van der Waals surface area contributed by atoms with E-state index in [1.807, 2.05) is 0 Å². The minimum Gasteiger partial charge on any atom is -0.463 e. The van der Waals surface area contributed by atoms with Gasteiger partial charge in [0.2, 0.25) is 0 Å². The molecule has 0 amide bonds. The third-order valence-electron chi connectivity index (χ3n) is 1.96. The Morgan fingerprint density at radius 3 is 2.75 bits per heavy atom. The van der Waals surface area contributed by atoms with Gasteiger partial charge >= 0.3 is 0 Å². The van der Waals surface area contributed by atoms with Gasteiger partial charge in [0, 0.05) is 5.39 Å². The van der Waals surface area contributed by atoms with Gasteiger partial charge < -0.3 is 4.42 Å². The molecule has 0 fully saturated rings. The van der Waals surface area contributed by atoms with E-state index in [0.29, 0.717) is 0 Å². The molecule has 0 saturated heterocycles. The van der Waals surface area contributed by atoms with Crippen molar-refractivity contribution in [2.75, 3.05) is 0 Å². The fourth-order valence-corrected chi connectivity index (χ4v) is 1.85. The van der Waals surface area contributed by atoms with Crippen LogP contribution in [-0.4, -0.2) is 0 Å². The molecule has 0 radical (unpaired) electrons. The Balaban J connectivity index is 2.92. The summed E-state index contributed by atoms with van der Waals surface area (Å²) in [4.78, 5) is 0. The van der Waals surface area contributed by atoms with E-state index in [-0.39, 0.29) is 0 Å². The molecule has 0 bridgehead atoms. The Morgan fingerprint density at radius 2 is 2.00 bits per heavy atom. The lowest BCUT2D eigenvalue weighted by molar-refractivity contribution is 0.611. The number of rotatable bonds is 0. The normalized spacial score (nSPS) is 10.9. The summed E-state index contributed by atoms with van der Waals surface area (Å²) in [7, 11) is 0. The van der Waals surface area contributed by atoms with Gasteiger partial charge in [-0.1, -0.05) is 6.07 Å². The van der Waals surface area contributed by atoms with Crippen molar-refractivity contribution in [2.45, 2.75) is 13.8 Å². The van der Waals surface area contributed by atoms with Crippen molar-refractivity contribution < 1.29 is 4.42 Å². The van der Waals surface area contributed by atoms with Crippen LogP contribution in [0.1, 0.15) is 11.1 Å². The predicted octanol–water partition coefficient (Wildman–Crippen LogP) is 3.81. The molecule has 2 heteroatoms. The second kappa shape index (κ2) is 2.63. The third kappa shape index (κ3) is 1.07. The van der Waals surface area contributed by atoms with Crippen LogP contribution >= 0.6 is 15.9 Å². The SMILES string of the molecule is Cc1cc(C)c2occ(Br)c2c1. The third-order valence-corrected chi connectivity index (χ3v) is 2.57. The van der Waals surface area contributed by atoms with Crippen LogP contribution in [-0.2, 0) is 0 Å². The van der Waals surface area contributed by atoms with Crippen molar-refractivity contribution in [1.82, 2.24) is 0 Å². The lowest BCUT2D eigenvalue weighted by atomic mass is 10.1. The molecule has 0 atom stereocenters. The zero-order valence-electron chi connectivity index (χ0n) is 7.02. The van der Waals surface area contributed by atoms with Gasteiger partial charge in [-0.2, -0.15) is 0 Å². The zero-order chi connectivity index (χ0) is 8.72. The van der Waals surface area contributed by atoms with Crippen molar-refractivity contribution in [3.05, 3.63) is 34.0 Å². The maximum Gasteiger partial charge on any atom is 0.137 e. The van der Waals surface area contributed by atoms with Gasteiger partial charge in [-0.3, -0.25) is 0 Å². The molecule has 0 spiro atoms. The highest BCUT2D eigenvalue weighted by atomic mass is 79.9. The first kappa shape index (κ1) is 7.87. The maximum atomic E-state index is 5.39. The summed E-state index contributed by atoms with van der Waals surface area (Å²) < 4.78 is 6.42. The molecule has 0 aliphatic carbocycles. The maximum absolute atomic E-state index is 5.39. The minimum absolute atomic E-state index is 0.979. The first-order valence-corrected chi connectivity index (χ1v) is 4.62. The van der Waals surface area contributed by atoms with Crippen molar-refractivity contribution in [3.8, 4) is 0 Å². The molecule has 62 valence electrons. The number of hydrogen-bond acceptors (Lipinski definition) is 1. The summed E-state index contributed by atoms with van der Waals surface area (Å²) in [5.41, 5.74) is 3.44. The molecule has 0 saturated carbocycles. The van der Waals surface area contributed by atoms with Crippen molar-refractivity contribution in [2.24, 2.45) is 0 Å². The van der Waals surface area contributed by atoms with Crippen LogP contribution < -0.4 is 0 Å². The van der Waals surface area contributed by atoms with E-state index < -0.39 is 0 Å². The summed E-state index contributed by atoms with van der Waals surface area (Å²) in [6, 6.07) is 4.24. The predicted molar refractivity (Wildman–Crippen MR) is 53.4 cm³/mol. The van der Waals surface area contributed by atoms with Gasteiger partial charge in [0.25, 0.3) is 0 Å². The lowest BCUT2D eigenvalue weighted by Gasteiger charge is -1.96. The average molecular weight is 225 g/mol.